The summed E-state index contributed by atoms with van der Waals surface area (Å²) in [5.74, 6) is 0.869. The molecule has 0 bridgehead atoms. The molecule has 0 unspecified atom stereocenters. The summed E-state index contributed by atoms with van der Waals surface area (Å²) in [4.78, 5) is 11.3. The van der Waals surface area contributed by atoms with Crippen molar-refractivity contribution in [3.05, 3.63) is 29.8 Å². The van der Waals surface area contributed by atoms with E-state index in [9.17, 15) is 4.79 Å². The van der Waals surface area contributed by atoms with Crippen LogP contribution in [0.25, 0.3) is 0 Å². The van der Waals surface area contributed by atoms with Gasteiger partial charge in [0.2, 0.25) is 5.91 Å². The number of benzene rings is 1. The molecule has 0 saturated carbocycles. The Balaban J connectivity index is 0.00000361. The smallest absolute Gasteiger partial charge is 0.234 e. The van der Waals surface area contributed by atoms with Crippen LogP contribution in [0.5, 0.6) is 5.75 Å². The lowest BCUT2D eigenvalue weighted by molar-refractivity contribution is -0.120. The number of rotatable bonds is 6. The predicted molar refractivity (Wildman–Crippen MR) is 84.8 cm³/mol. The lowest BCUT2D eigenvalue weighted by Crippen LogP contribution is -2.34. The maximum atomic E-state index is 11.3. The fourth-order valence-electron chi connectivity index (χ4n) is 1.79. The van der Waals surface area contributed by atoms with Crippen LogP contribution in [-0.4, -0.2) is 32.7 Å². The SMILES string of the molecule is CNCC(=O)NCCOc1ccccc1C(C)(C)C.Cl. The lowest BCUT2D eigenvalue weighted by Gasteiger charge is -2.22. The van der Waals surface area contributed by atoms with Crippen molar-refractivity contribution in [1.29, 1.82) is 0 Å². The molecule has 1 rings (SSSR count). The van der Waals surface area contributed by atoms with Crippen LogP contribution in [0.3, 0.4) is 0 Å². The molecule has 1 aromatic carbocycles. The Morgan fingerprint density at radius 3 is 2.50 bits per heavy atom. The Hall–Kier alpha value is -1.26. The summed E-state index contributed by atoms with van der Waals surface area (Å²) in [5, 5.41) is 5.59. The fraction of sp³-hybridized carbons (Fsp3) is 0.533. The van der Waals surface area contributed by atoms with Gasteiger partial charge >= 0.3 is 0 Å². The van der Waals surface area contributed by atoms with E-state index in [1.54, 1.807) is 7.05 Å². The Morgan fingerprint density at radius 2 is 1.90 bits per heavy atom. The van der Waals surface area contributed by atoms with Crippen molar-refractivity contribution >= 4 is 18.3 Å². The standard InChI is InChI=1S/C15H24N2O2.ClH/c1-15(2,3)12-7-5-6-8-13(12)19-10-9-17-14(18)11-16-4;/h5-8,16H,9-11H2,1-4H3,(H,17,18);1H. The van der Waals surface area contributed by atoms with Gasteiger partial charge in [-0.3, -0.25) is 4.79 Å². The van der Waals surface area contributed by atoms with Crippen molar-refractivity contribution in [2.24, 2.45) is 0 Å². The molecule has 1 aromatic rings. The Bertz CT molecular complexity index is 417. The van der Waals surface area contributed by atoms with E-state index in [-0.39, 0.29) is 23.7 Å². The maximum Gasteiger partial charge on any atom is 0.234 e. The molecule has 0 aliphatic rings. The second kappa shape index (κ2) is 8.82. The van der Waals surface area contributed by atoms with Crippen LogP contribution in [0.1, 0.15) is 26.3 Å². The van der Waals surface area contributed by atoms with Gasteiger partial charge in [-0.1, -0.05) is 39.0 Å². The van der Waals surface area contributed by atoms with Gasteiger partial charge in [-0.05, 0) is 24.1 Å². The molecule has 0 fully saturated rings. The van der Waals surface area contributed by atoms with E-state index < -0.39 is 0 Å². The molecule has 5 heteroatoms. The Morgan fingerprint density at radius 1 is 1.25 bits per heavy atom. The van der Waals surface area contributed by atoms with Crippen LogP contribution in [0.15, 0.2) is 24.3 Å². The first-order valence-electron chi connectivity index (χ1n) is 6.58. The van der Waals surface area contributed by atoms with Gasteiger partial charge < -0.3 is 15.4 Å². The molecule has 20 heavy (non-hydrogen) atoms. The number of nitrogens with one attached hydrogen (secondary N) is 2. The van der Waals surface area contributed by atoms with Gasteiger partial charge in [0.05, 0.1) is 13.1 Å². The Labute approximate surface area is 127 Å². The minimum Gasteiger partial charge on any atom is -0.491 e. The number of carbonyl (C=O) groups is 1. The van der Waals surface area contributed by atoms with Gasteiger partial charge in [0, 0.05) is 0 Å². The monoisotopic (exact) mass is 300 g/mol. The molecule has 0 saturated heterocycles. The number of hydrogen-bond donors (Lipinski definition) is 2. The molecule has 2 N–H and O–H groups in total. The number of para-hydroxylation sites is 1. The van der Waals surface area contributed by atoms with Crippen LogP contribution in [0.4, 0.5) is 0 Å². The van der Waals surface area contributed by atoms with E-state index in [1.165, 1.54) is 5.56 Å². The van der Waals surface area contributed by atoms with E-state index >= 15 is 0 Å². The normalized spacial score (nSPS) is 10.6. The van der Waals surface area contributed by atoms with E-state index in [1.807, 2.05) is 18.2 Å². The second-order valence-electron chi connectivity index (χ2n) is 5.47. The first-order chi connectivity index (χ1) is 8.95. The molecule has 114 valence electrons. The summed E-state index contributed by atoms with van der Waals surface area (Å²) in [7, 11) is 1.75. The zero-order valence-corrected chi connectivity index (χ0v) is 13.5. The summed E-state index contributed by atoms with van der Waals surface area (Å²) in [5.41, 5.74) is 1.22. The highest BCUT2D eigenvalue weighted by molar-refractivity contribution is 5.85. The quantitative estimate of drug-likeness (QED) is 0.791. The number of carbonyl (C=O) groups excluding carboxylic acids is 1. The minimum atomic E-state index is -0.0183. The lowest BCUT2D eigenvalue weighted by atomic mass is 9.86. The largest absolute Gasteiger partial charge is 0.491 e. The molecule has 0 aliphatic carbocycles. The molecular weight excluding hydrogens is 276 g/mol. The molecule has 1 amide bonds. The number of ether oxygens (including phenoxy) is 1. The highest BCUT2D eigenvalue weighted by atomic mass is 35.5. The molecule has 0 aliphatic heterocycles. The molecule has 0 aromatic heterocycles. The van der Waals surface area contributed by atoms with Crippen LogP contribution in [0, 0.1) is 0 Å². The molecular formula is C15H25ClN2O2. The summed E-state index contributed by atoms with van der Waals surface area (Å²) < 4.78 is 5.76. The van der Waals surface area contributed by atoms with E-state index in [4.69, 9.17) is 4.74 Å². The van der Waals surface area contributed by atoms with E-state index in [2.05, 4.69) is 37.5 Å². The van der Waals surface area contributed by atoms with Gasteiger partial charge in [-0.25, -0.2) is 0 Å². The van der Waals surface area contributed by atoms with Crippen molar-refractivity contribution in [1.82, 2.24) is 10.6 Å². The first-order valence-corrected chi connectivity index (χ1v) is 6.58. The van der Waals surface area contributed by atoms with Crippen LogP contribution < -0.4 is 15.4 Å². The molecule has 0 radical (unpaired) electrons. The third-order valence-electron chi connectivity index (χ3n) is 2.71. The minimum absolute atomic E-state index is 0. The summed E-state index contributed by atoms with van der Waals surface area (Å²) in [6, 6.07) is 8.03. The number of amides is 1. The van der Waals surface area contributed by atoms with E-state index in [0.717, 1.165) is 5.75 Å². The summed E-state index contributed by atoms with van der Waals surface area (Å²) in [6.07, 6.45) is 0. The van der Waals surface area contributed by atoms with Crippen molar-refractivity contribution in [3.63, 3.8) is 0 Å². The van der Waals surface area contributed by atoms with Gasteiger partial charge in [0.25, 0.3) is 0 Å². The number of hydrogen-bond acceptors (Lipinski definition) is 3. The van der Waals surface area contributed by atoms with Crippen LogP contribution in [-0.2, 0) is 10.2 Å². The number of halogens is 1. The zero-order chi connectivity index (χ0) is 14.3. The van der Waals surface area contributed by atoms with Gasteiger partial charge in [0.15, 0.2) is 0 Å². The highest BCUT2D eigenvalue weighted by Gasteiger charge is 2.18. The Kier molecular flexibility index (Phi) is 8.26. The maximum absolute atomic E-state index is 11.3. The van der Waals surface area contributed by atoms with Crippen molar-refractivity contribution in [2.75, 3.05) is 26.7 Å². The van der Waals surface area contributed by atoms with Crippen molar-refractivity contribution in [2.45, 2.75) is 26.2 Å². The average molecular weight is 301 g/mol. The molecule has 0 atom stereocenters. The zero-order valence-electron chi connectivity index (χ0n) is 12.7. The third-order valence-corrected chi connectivity index (χ3v) is 2.71. The predicted octanol–water partition coefficient (Wildman–Crippen LogP) is 2.12. The van der Waals surface area contributed by atoms with Crippen molar-refractivity contribution in [3.8, 4) is 5.75 Å². The first kappa shape index (κ1) is 18.7. The molecule has 0 spiro atoms. The average Bonchev–Trinajstić information content (AvgIpc) is 2.34. The topological polar surface area (TPSA) is 50.4 Å². The van der Waals surface area contributed by atoms with Crippen molar-refractivity contribution < 1.29 is 9.53 Å². The van der Waals surface area contributed by atoms with E-state index in [0.29, 0.717) is 19.7 Å². The summed E-state index contributed by atoms with van der Waals surface area (Å²) >= 11 is 0. The van der Waals surface area contributed by atoms with Gasteiger partial charge in [-0.2, -0.15) is 0 Å². The highest BCUT2D eigenvalue weighted by Crippen LogP contribution is 2.30. The van der Waals surface area contributed by atoms with Crippen LogP contribution >= 0.6 is 12.4 Å². The molecule has 0 heterocycles. The fourth-order valence-corrected chi connectivity index (χ4v) is 1.79. The third kappa shape index (κ3) is 6.26. The second-order valence-corrected chi connectivity index (χ2v) is 5.47. The van der Waals surface area contributed by atoms with Gasteiger partial charge in [0.1, 0.15) is 12.4 Å². The molecule has 4 nitrogen and oxygen atoms in total. The van der Waals surface area contributed by atoms with Crippen LogP contribution in [0.2, 0.25) is 0 Å². The number of likely N-dealkylation sites (N-methyl/N-ethyl adjacent to an activating group) is 1. The van der Waals surface area contributed by atoms with Gasteiger partial charge in [-0.15, -0.1) is 12.4 Å². The summed E-state index contributed by atoms with van der Waals surface area (Å²) in [6.45, 7) is 7.79.